The van der Waals surface area contributed by atoms with Crippen molar-refractivity contribution in [2.75, 3.05) is 11.9 Å². The zero-order valence-electron chi connectivity index (χ0n) is 9.03. The summed E-state index contributed by atoms with van der Waals surface area (Å²) in [5.74, 6) is 6.89. The molecule has 0 aliphatic heterocycles. The first-order chi connectivity index (χ1) is 7.72. The molecule has 2 rings (SSSR count). The fourth-order valence-electron chi connectivity index (χ4n) is 1.41. The van der Waals surface area contributed by atoms with Crippen LogP contribution in [0.3, 0.4) is 0 Å². The molecule has 0 unspecified atom stereocenters. The van der Waals surface area contributed by atoms with Crippen molar-refractivity contribution < 1.29 is 0 Å². The number of H-pyrrole nitrogens is 1. The van der Waals surface area contributed by atoms with Crippen molar-refractivity contribution >= 4 is 11.5 Å². The Kier molecular flexibility index (Phi) is 2.60. The summed E-state index contributed by atoms with van der Waals surface area (Å²) in [5, 5.41) is 9.28. The highest BCUT2D eigenvalue weighted by Gasteiger charge is 2.05. The van der Waals surface area contributed by atoms with Crippen LogP contribution in [0.25, 0.3) is 5.65 Å². The Morgan fingerprint density at radius 2 is 2.44 bits per heavy atom. The van der Waals surface area contributed by atoms with Crippen LogP contribution in [-0.4, -0.2) is 26.1 Å². The average Bonchev–Trinajstić information content (AvgIpc) is 2.61. The van der Waals surface area contributed by atoms with Gasteiger partial charge in [-0.05, 0) is 13.8 Å². The van der Waals surface area contributed by atoms with Gasteiger partial charge in [0.15, 0.2) is 5.65 Å². The Bertz CT molecular complexity index is 628. The second kappa shape index (κ2) is 4.06. The van der Waals surface area contributed by atoms with Gasteiger partial charge in [-0.25, -0.2) is 19.3 Å². The lowest BCUT2D eigenvalue weighted by Gasteiger charge is -2.03. The molecular weight excluding hydrogens is 206 g/mol. The molecule has 2 aromatic heterocycles. The van der Waals surface area contributed by atoms with Gasteiger partial charge in [0.05, 0.1) is 6.54 Å². The van der Waals surface area contributed by atoms with E-state index in [-0.39, 0.29) is 5.69 Å². The lowest BCUT2D eigenvalue weighted by molar-refractivity contribution is 0.936. The van der Waals surface area contributed by atoms with Crippen molar-refractivity contribution in [1.29, 1.82) is 0 Å². The van der Waals surface area contributed by atoms with Gasteiger partial charge in [-0.1, -0.05) is 5.92 Å². The summed E-state index contributed by atoms with van der Waals surface area (Å²) in [4.78, 5) is 15.6. The Balaban J connectivity index is 2.41. The standard InChI is InChI=1S/C10H11N5O/c1-3-4-5-11-8-6-9-13-14-10(16)15(9)7(2)12-8/h6,11H,5H2,1-2H3,(H,14,16). The highest BCUT2D eigenvalue weighted by molar-refractivity contribution is 5.50. The van der Waals surface area contributed by atoms with E-state index in [1.165, 1.54) is 4.40 Å². The maximum atomic E-state index is 11.3. The molecule has 6 nitrogen and oxygen atoms in total. The summed E-state index contributed by atoms with van der Waals surface area (Å²) in [6.45, 7) is 4.05. The molecule has 0 atom stereocenters. The highest BCUT2D eigenvalue weighted by Crippen LogP contribution is 2.06. The van der Waals surface area contributed by atoms with Gasteiger partial charge in [0.25, 0.3) is 0 Å². The van der Waals surface area contributed by atoms with Crippen molar-refractivity contribution in [3.05, 3.63) is 22.4 Å². The summed E-state index contributed by atoms with van der Waals surface area (Å²) in [7, 11) is 0. The molecule has 0 radical (unpaired) electrons. The molecule has 0 aliphatic rings. The van der Waals surface area contributed by atoms with Crippen LogP contribution in [0.1, 0.15) is 12.7 Å². The summed E-state index contributed by atoms with van der Waals surface area (Å²) < 4.78 is 1.41. The Labute approximate surface area is 91.7 Å². The molecule has 0 bridgehead atoms. The van der Waals surface area contributed by atoms with Crippen LogP contribution < -0.4 is 11.0 Å². The first-order valence-corrected chi connectivity index (χ1v) is 4.80. The summed E-state index contributed by atoms with van der Waals surface area (Å²) >= 11 is 0. The maximum absolute atomic E-state index is 11.3. The second-order valence-corrected chi connectivity index (χ2v) is 3.19. The van der Waals surface area contributed by atoms with Crippen molar-refractivity contribution in [2.45, 2.75) is 13.8 Å². The molecular formula is C10H11N5O. The van der Waals surface area contributed by atoms with Crippen molar-refractivity contribution in [2.24, 2.45) is 0 Å². The van der Waals surface area contributed by atoms with Gasteiger partial charge in [-0.15, -0.1) is 5.92 Å². The van der Waals surface area contributed by atoms with E-state index in [4.69, 9.17) is 0 Å². The van der Waals surface area contributed by atoms with Crippen LogP contribution in [0.5, 0.6) is 0 Å². The van der Waals surface area contributed by atoms with E-state index in [9.17, 15) is 4.79 Å². The summed E-state index contributed by atoms with van der Waals surface area (Å²) in [5.41, 5.74) is 0.268. The van der Waals surface area contributed by atoms with Gasteiger partial charge in [-0.2, -0.15) is 5.10 Å². The molecule has 0 saturated carbocycles. The normalized spacial score (nSPS) is 9.88. The summed E-state index contributed by atoms with van der Waals surface area (Å²) in [6, 6.07) is 1.70. The van der Waals surface area contributed by atoms with Crippen LogP contribution in [0.4, 0.5) is 5.82 Å². The van der Waals surface area contributed by atoms with Crippen LogP contribution in [-0.2, 0) is 0 Å². The molecule has 6 heteroatoms. The monoisotopic (exact) mass is 217 g/mol. The van der Waals surface area contributed by atoms with Crippen molar-refractivity contribution in [3.63, 3.8) is 0 Å². The quantitative estimate of drug-likeness (QED) is 0.703. The minimum absolute atomic E-state index is 0.278. The van der Waals surface area contributed by atoms with Gasteiger partial charge in [0, 0.05) is 6.07 Å². The predicted molar refractivity (Wildman–Crippen MR) is 60.3 cm³/mol. The van der Waals surface area contributed by atoms with E-state index in [1.54, 1.807) is 19.9 Å². The van der Waals surface area contributed by atoms with Crippen LogP contribution in [0.2, 0.25) is 0 Å². The molecule has 2 aromatic rings. The zero-order valence-corrected chi connectivity index (χ0v) is 9.03. The van der Waals surface area contributed by atoms with Gasteiger partial charge in [0.1, 0.15) is 11.6 Å². The third-order valence-electron chi connectivity index (χ3n) is 2.10. The van der Waals surface area contributed by atoms with E-state index in [2.05, 4.69) is 32.3 Å². The Morgan fingerprint density at radius 3 is 3.19 bits per heavy atom. The fourth-order valence-corrected chi connectivity index (χ4v) is 1.41. The van der Waals surface area contributed by atoms with Crippen LogP contribution in [0.15, 0.2) is 10.9 Å². The number of anilines is 1. The van der Waals surface area contributed by atoms with E-state index in [0.29, 0.717) is 23.8 Å². The Hall–Kier alpha value is -2.29. The van der Waals surface area contributed by atoms with Crippen LogP contribution in [0, 0.1) is 18.8 Å². The SMILES string of the molecule is CC#CCNc1cc2n[nH]c(=O)n2c(C)n1. The minimum atomic E-state index is -0.278. The van der Waals surface area contributed by atoms with Crippen molar-refractivity contribution in [3.8, 4) is 11.8 Å². The van der Waals surface area contributed by atoms with E-state index in [0.717, 1.165) is 0 Å². The minimum Gasteiger partial charge on any atom is -0.359 e. The molecule has 0 aliphatic carbocycles. The van der Waals surface area contributed by atoms with E-state index < -0.39 is 0 Å². The fraction of sp³-hybridized carbons (Fsp3) is 0.300. The van der Waals surface area contributed by atoms with E-state index >= 15 is 0 Å². The highest BCUT2D eigenvalue weighted by atomic mass is 16.1. The molecule has 0 saturated heterocycles. The largest absolute Gasteiger partial charge is 0.359 e. The number of hydrogen-bond donors (Lipinski definition) is 2. The smallest absolute Gasteiger partial charge is 0.349 e. The molecule has 2 heterocycles. The third-order valence-corrected chi connectivity index (χ3v) is 2.10. The summed E-state index contributed by atoms with van der Waals surface area (Å²) in [6.07, 6.45) is 0. The van der Waals surface area contributed by atoms with E-state index in [1.807, 2.05) is 0 Å². The van der Waals surface area contributed by atoms with Gasteiger partial charge >= 0.3 is 5.69 Å². The predicted octanol–water partition coefficient (Wildman–Crippen LogP) is 0.161. The number of fused-ring (bicyclic) bond motifs is 1. The maximum Gasteiger partial charge on any atom is 0.349 e. The Morgan fingerprint density at radius 1 is 1.62 bits per heavy atom. The van der Waals surface area contributed by atoms with Gasteiger partial charge < -0.3 is 5.32 Å². The topological polar surface area (TPSA) is 75.1 Å². The zero-order chi connectivity index (χ0) is 11.5. The first kappa shape index (κ1) is 10.2. The number of rotatable bonds is 2. The third kappa shape index (κ3) is 1.75. The van der Waals surface area contributed by atoms with Crippen LogP contribution >= 0.6 is 0 Å². The number of aromatic nitrogens is 4. The second-order valence-electron chi connectivity index (χ2n) is 3.19. The molecule has 16 heavy (non-hydrogen) atoms. The lowest BCUT2D eigenvalue weighted by Crippen LogP contribution is -2.14. The number of nitrogens with one attached hydrogen (secondary N) is 2. The molecule has 0 aromatic carbocycles. The van der Waals surface area contributed by atoms with Crippen molar-refractivity contribution in [1.82, 2.24) is 19.6 Å². The molecule has 0 spiro atoms. The molecule has 0 fully saturated rings. The first-order valence-electron chi connectivity index (χ1n) is 4.80. The van der Waals surface area contributed by atoms with Gasteiger partial charge in [-0.3, -0.25) is 0 Å². The molecule has 2 N–H and O–H groups in total. The number of aryl methyl sites for hydroxylation is 1. The molecule has 0 amide bonds. The number of hydrogen-bond acceptors (Lipinski definition) is 4. The average molecular weight is 217 g/mol. The van der Waals surface area contributed by atoms with Gasteiger partial charge in [0.2, 0.25) is 0 Å². The lowest BCUT2D eigenvalue weighted by atomic mass is 10.5. The molecule has 82 valence electrons. The number of aromatic amines is 1. The number of nitrogens with zero attached hydrogens (tertiary/aromatic N) is 3.